The highest BCUT2D eigenvalue weighted by molar-refractivity contribution is 7.86. The maximum absolute atomic E-state index is 12.7. The molecule has 0 heterocycles. The summed E-state index contributed by atoms with van der Waals surface area (Å²) in [5.41, 5.74) is 6.45. The van der Waals surface area contributed by atoms with E-state index in [1.165, 1.54) is 8.61 Å². The summed E-state index contributed by atoms with van der Waals surface area (Å²) in [6, 6.07) is 9.58. The molecule has 5 nitrogen and oxygen atoms in total. The Morgan fingerprint density at radius 2 is 1.76 bits per heavy atom. The van der Waals surface area contributed by atoms with Crippen LogP contribution in [-0.4, -0.2) is 43.7 Å². The Hall–Kier alpha value is -0.950. The van der Waals surface area contributed by atoms with Crippen LogP contribution in [0.1, 0.15) is 26.3 Å². The van der Waals surface area contributed by atoms with Gasteiger partial charge < -0.3 is 5.73 Å². The van der Waals surface area contributed by atoms with Gasteiger partial charge in [0.15, 0.2) is 0 Å². The average Bonchev–Trinajstić information content (AvgIpc) is 2.45. The summed E-state index contributed by atoms with van der Waals surface area (Å²) >= 11 is 0. The van der Waals surface area contributed by atoms with Gasteiger partial charge in [0.05, 0.1) is 0 Å². The van der Waals surface area contributed by atoms with Crippen molar-refractivity contribution in [3.05, 3.63) is 35.9 Å². The van der Waals surface area contributed by atoms with Gasteiger partial charge >= 0.3 is 0 Å². The Bertz CT molecular complexity index is 529. The maximum atomic E-state index is 12.7. The van der Waals surface area contributed by atoms with E-state index in [-0.39, 0.29) is 5.41 Å². The number of hydrogen-bond donors (Lipinski definition) is 1. The summed E-state index contributed by atoms with van der Waals surface area (Å²) in [5.74, 6) is 0. The van der Waals surface area contributed by atoms with E-state index >= 15 is 0 Å². The third kappa shape index (κ3) is 5.07. The van der Waals surface area contributed by atoms with Gasteiger partial charge in [0, 0.05) is 26.7 Å². The molecule has 0 spiro atoms. The highest BCUT2D eigenvalue weighted by Gasteiger charge is 2.30. The zero-order valence-electron chi connectivity index (χ0n) is 13.4. The van der Waals surface area contributed by atoms with Crippen LogP contribution in [0.5, 0.6) is 0 Å². The van der Waals surface area contributed by atoms with Gasteiger partial charge in [-0.2, -0.15) is 17.0 Å². The Morgan fingerprint density at radius 3 is 2.24 bits per heavy atom. The summed E-state index contributed by atoms with van der Waals surface area (Å²) in [5, 5.41) is 0. The van der Waals surface area contributed by atoms with E-state index in [4.69, 9.17) is 5.73 Å². The number of rotatable bonds is 8. The molecule has 1 aromatic carbocycles. The quantitative estimate of drug-likeness (QED) is 0.794. The lowest BCUT2D eigenvalue weighted by molar-refractivity contribution is 0.258. The predicted octanol–water partition coefficient (Wildman–Crippen LogP) is 1.67. The number of nitrogens with two attached hydrogens (primary N) is 1. The van der Waals surface area contributed by atoms with Crippen LogP contribution < -0.4 is 5.73 Å². The maximum Gasteiger partial charge on any atom is 0.282 e. The van der Waals surface area contributed by atoms with Gasteiger partial charge in [-0.3, -0.25) is 0 Å². The first kappa shape index (κ1) is 18.1. The van der Waals surface area contributed by atoms with E-state index in [1.807, 2.05) is 51.1 Å². The van der Waals surface area contributed by atoms with E-state index in [2.05, 4.69) is 0 Å². The molecule has 6 heteroatoms. The molecular weight excluding hydrogens is 286 g/mol. The molecule has 21 heavy (non-hydrogen) atoms. The van der Waals surface area contributed by atoms with Crippen molar-refractivity contribution < 1.29 is 8.42 Å². The topological polar surface area (TPSA) is 66.6 Å². The first-order valence-electron chi connectivity index (χ1n) is 7.18. The first-order chi connectivity index (χ1) is 9.73. The van der Waals surface area contributed by atoms with Crippen molar-refractivity contribution in [2.75, 3.05) is 26.7 Å². The first-order valence-corrected chi connectivity index (χ1v) is 8.58. The lowest BCUT2D eigenvalue weighted by Crippen LogP contribution is -2.47. The van der Waals surface area contributed by atoms with Gasteiger partial charge in [-0.05, 0) is 17.5 Å². The van der Waals surface area contributed by atoms with Crippen LogP contribution >= 0.6 is 0 Å². The lowest BCUT2D eigenvalue weighted by atomic mass is 9.94. The smallest absolute Gasteiger partial charge is 0.282 e. The lowest BCUT2D eigenvalue weighted by Gasteiger charge is -2.33. The molecule has 0 fully saturated rings. The van der Waals surface area contributed by atoms with E-state index in [9.17, 15) is 8.42 Å². The van der Waals surface area contributed by atoms with Crippen molar-refractivity contribution in [1.82, 2.24) is 8.61 Å². The minimum atomic E-state index is -3.48. The molecular formula is C15H27N3O2S. The zero-order valence-corrected chi connectivity index (χ0v) is 14.2. The second-order valence-electron chi connectivity index (χ2n) is 6.04. The summed E-state index contributed by atoms with van der Waals surface area (Å²) in [4.78, 5) is 0. The predicted molar refractivity (Wildman–Crippen MR) is 86.9 cm³/mol. The Kier molecular flexibility index (Phi) is 6.34. The number of hydrogen-bond acceptors (Lipinski definition) is 3. The van der Waals surface area contributed by atoms with Gasteiger partial charge in [0.2, 0.25) is 0 Å². The summed E-state index contributed by atoms with van der Waals surface area (Å²) in [6.07, 6.45) is 0. The van der Waals surface area contributed by atoms with Crippen LogP contribution in [0.15, 0.2) is 30.3 Å². The highest BCUT2D eigenvalue weighted by atomic mass is 32.2. The summed E-state index contributed by atoms with van der Waals surface area (Å²) < 4.78 is 28.2. The molecule has 0 aliphatic rings. The van der Waals surface area contributed by atoms with Crippen LogP contribution in [-0.2, 0) is 16.8 Å². The largest absolute Gasteiger partial charge is 0.330 e. The van der Waals surface area contributed by atoms with Crippen LogP contribution in [0.2, 0.25) is 0 Å². The molecule has 0 atom stereocenters. The van der Waals surface area contributed by atoms with Crippen LogP contribution in [0.3, 0.4) is 0 Å². The van der Waals surface area contributed by atoms with E-state index in [1.54, 1.807) is 7.05 Å². The zero-order chi connectivity index (χ0) is 16.1. The summed E-state index contributed by atoms with van der Waals surface area (Å²) in [7, 11) is -1.87. The molecule has 0 unspecified atom stereocenters. The second kappa shape index (κ2) is 7.35. The van der Waals surface area contributed by atoms with Gasteiger partial charge in [0.25, 0.3) is 10.2 Å². The van der Waals surface area contributed by atoms with Crippen LogP contribution in [0.4, 0.5) is 0 Å². The number of nitrogens with zero attached hydrogens (tertiary/aromatic N) is 2. The van der Waals surface area contributed by atoms with Gasteiger partial charge in [-0.25, -0.2) is 0 Å². The molecule has 1 aromatic rings. The molecule has 0 saturated heterocycles. The van der Waals surface area contributed by atoms with Crippen LogP contribution in [0.25, 0.3) is 0 Å². The van der Waals surface area contributed by atoms with Crippen molar-refractivity contribution in [1.29, 1.82) is 0 Å². The molecule has 2 N–H and O–H groups in total. The molecule has 0 saturated carbocycles. The molecule has 1 rings (SSSR count). The standard InChI is InChI=1S/C15H27N3O2S/c1-5-18(13-15(2,3)12-16)21(19,20)17(4)11-14-9-7-6-8-10-14/h6-10H,5,11-13,16H2,1-4H3. The van der Waals surface area contributed by atoms with Crippen molar-refractivity contribution in [3.8, 4) is 0 Å². The molecule has 120 valence electrons. The fourth-order valence-electron chi connectivity index (χ4n) is 2.02. The van der Waals surface area contributed by atoms with Crippen LogP contribution in [0, 0.1) is 5.41 Å². The molecule has 0 radical (unpaired) electrons. The second-order valence-corrected chi connectivity index (χ2v) is 8.08. The molecule has 0 bridgehead atoms. The average molecular weight is 313 g/mol. The Balaban J connectivity index is 2.86. The Morgan fingerprint density at radius 1 is 1.19 bits per heavy atom. The number of benzene rings is 1. The minimum absolute atomic E-state index is 0.239. The fraction of sp³-hybridized carbons (Fsp3) is 0.600. The van der Waals surface area contributed by atoms with Crippen molar-refractivity contribution in [2.24, 2.45) is 11.1 Å². The van der Waals surface area contributed by atoms with E-state index < -0.39 is 10.2 Å². The van der Waals surface area contributed by atoms with Gasteiger partial charge in [-0.1, -0.05) is 51.1 Å². The molecule has 0 aliphatic carbocycles. The third-order valence-electron chi connectivity index (χ3n) is 3.48. The fourth-order valence-corrected chi connectivity index (χ4v) is 3.56. The monoisotopic (exact) mass is 313 g/mol. The van der Waals surface area contributed by atoms with E-state index in [0.717, 1.165) is 5.56 Å². The molecule has 0 aromatic heterocycles. The molecule has 0 aliphatic heterocycles. The molecule has 0 amide bonds. The van der Waals surface area contributed by atoms with Gasteiger partial charge in [0.1, 0.15) is 0 Å². The normalized spacial score (nSPS) is 13.1. The highest BCUT2D eigenvalue weighted by Crippen LogP contribution is 2.19. The van der Waals surface area contributed by atoms with Gasteiger partial charge in [-0.15, -0.1) is 0 Å². The minimum Gasteiger partial charge on any atom is -0.330 e. The van der Waals surface area contributed by atoms with Crippen molar-refractivity contribution in [3.63, 3.8) is 0 Å². The van der Waals surface area contributed by atoms with Crippen molar-refractivity contribution in [2.45, 2.75) is 27.3 Å². The summed E-state index contributed by atoms with van der Waals surface area (Å²) in [6.45, 7) is 7.46. The van der Waals surface area contributed by atoms with E-state index in [0.29, 0.717) is 26.2 Å². The van der Waals surface area contributed by atoms with Crippen molar-refractivity contribution >= 4 is 10.2 Å². The Labute approximate surface area is 128 Å². The third-order valence-corrected chi connectivity index (χ3v) is 5.43. The SMILES string of the molecule is CCN(CC(C)(C)CN)S(=O)(=O)N(C)Cc1ccccc1.